The molecule has 0 saturated carbocycles. The molecule has 4 heteroatoms. The highest BCUT2D eigenvalue weighted by atomic mass is 32.1. The molecule has 2 aliphatic heterocycles. The van der Waals surface area contributed by atoms with Crippen LogP contribution >= 0.6 is 11.3 Å². The minimum absolute atomic E-state index is 0.769. The topological polar surface area (TPSA) is 28.2 Å². The Bertz CT molecular complexity index is 353. The van der Waals surface area contributed by atoms with Crippen molar-refractivity contribution in [2.75, 3.05) is 6.54 Å². The molecular weight excluding hydrogens is 242 g/mol. The molecule has 18 heavy (non-hydrogen) atoms. The maximum Gasteiger partial charge on any atom is 0.0795 e. The van der Waals surface area contributed by atoms with E-state index in [9.17, 15) is 0 Å². The molecule has 3 rings (SSSR count). The average molecular weight is 265 g/mol. The molecule has 0 amide bonds. The Labute approximate surface area is 114 Å². The van der Waals surface area contributed by atoms with Gasteiger partial charge in [0.1, 0.15) is 0 Å². The van der Waals surface area contributed by atoms with Crippen molar-refractivity contribution in [2.24, 2.45) is 0 Å². The Morgan fingerprint density at radius 2 is 2.17 bits per heavy atom. The van der Waals surface area contributed by atoms with Crippen LogP contribution in [0, 0.1) is 0 Å². The van der Waals surface area contributed by atoms with Gasteiger partial charge in [0.15, 0.2) is 0 Å². The van der Waals surface area contributed by atoms with Crippen LogP contribution in [-0.4, -0.2) is 34.6 Å². The van der Waals surface area contributed by atoms with E-state index in [1.54, 1.807) is 11.3 Å². The fraction of sp³-hybridized carbons (Fsp3) is 0.786. The third-order valence-electron chi connectivity index (χ3n) is 4.32. The number of piperidine rings is 1. The van der Waals surface area contributed by atoms with Gasteiger partial charge in [-0.1, -0.05) is 6.92 Å². The summed E-state index contributed by atoms with van der Waals surface area (Å²) in [4.78, 5) is 7.12. The number of aromatic nitrogens is 1. The number of hydrogen-bond acceptors (Lipinski definition) is 4. The van der Waals surface area contributed by atoms with Crippen LogP contribution in [0.2, 0.25) is 0 Å². The molecule has 1 aromatic rings. The van der Waals surface area contributed by atoms with Crippen LogP contribution < -0.4 is 5.32 Å². The number of thiazole rings is 1. The zero-order valence-corrected chi connectivity index (χ0v) is 12.0. The minimum Gasteiger partial charge on any atom is -0.311 e. The van der Waals surface area contributed by atoms with E-state index in [-0.39, 0.29) is 0 Å². The summed E-state index contributed by atoms with van der Waals surface area (Å²) in [5.41, 5.74) is 3.20. The van der Waals surface area contributed by atoms with Gasteiger partial charge in [0.2, 0.25) is 0 Å². The van der Waals surface area contributed by atoms with Crippen LogP contribution in [0.1, 0.15) is 44.7 Å². The molecule has 0 radical (unpaired) electrons. The summed E-state index contributed by atoms with van der Waals surface area (Å²) in [5, 5.41) is 5.93. The highest BCUT2D eigenvalue weighted by Gasteiger charge is 2.35. The quantitative estimate of drug-likeness (QED) is 0.887. The molecule has 3 nitrogen and oxygen atoms in total. The zero-order valence-electron chi connectivity index (χ0n) is 11.1. The summed E-state index contributed by atoms with van der Waals surface area (Å²) < 4.78 is 0. The molecule has 100 valence electrons. The monoisotopic (exact) mass is 265 g/mol. The first kappa shape index (κ1) is 12.6. The third-order valence-corrected chi connectivity index (χ3v) is 4.96. The Morgan fingerprint density at radius 3 is 2.78 bits per heavy atom. The van der Waals surface area contributed by atoms with Crippen LogP contribution in [0.25, 0.3) is 0 Å². The molecular formula is C14H23N3S. The molecule has 1 N–H and O–H groups in total. The Morgan fingerprint density at radius 1 is 1.39 bits per heavy atom. The van der Waals surface area contributed by atoms with E-state index < -0.39 is 0 Å². The van der Waals surface area contributed by atoms with Gasteiger partial charge in [0.05, 0.1) is 11.2 Å². The van der Waals surface area contributed by atoms with E-state index in [1.807, 2.05) is 5.51 Å². The average Bonchev–Trinajstić information content (AvgIpc) is 2.99. The largest absolute Gasteiger partial charge is 0.311 e. The van der Waals surface area contributed by atoms with Gasteiger partial charge < -0.3 is 5.32 Å². The van der Waals surface area contributed by atoms with Gasteiger partial charge in [0.25, 0.3) is 0 Å². The zero-order chi connectivity index (χ0) is 12.4. The maximum atomic E-state index is 4.45. The number of nitrogens with one attached hydrogen (secondary N) is 1. The van der Waals surface area contributed by atoms with Gasteiger partial charge in [0, 0.05) is 30.1 Å². The fourth-order valence-electron chi connectivity index (χ4n) is 3.53. The molecule has 2 aliphatic rings. The van der Waals surface area contributed by atoms with Crippen molar-refractivity contribution in [3.63, 3.8) is 0 Å². The van der Waals surface area contributed by atoms with Crippen molar-refractivity contribution >= 4 is 11.3 Å². The van der Waals surface area contributed by atoms with Gasteiger partial charge in [-0.05, 0) is 38.6 Å². The van der Waals surface area contributed by atoms with E-state index in [0.717, 1.165) is 24.7 Å². The van der Waals surface area contributed by atoms with Crippen LogP contribution in [0.4, 0.5) is 0 Å². The van der Waals surface area contributed by atoms with Gasteiger partial charge >= 0.3 is 0 Å². The second kappa shape index (κ2) is 5.68. The first-order chi connectivity index (χ1) is 8.85. The molecule has 3 heterocycles. The third kappa shape index (κ3) is 2.76. The van der Waals surface area contributed by atoms with Gasteiger partial charge in [-0.3, -0.25) is 4.90 Å². The molecule has 1 aromatic heterocycles. The van der Waals surface area contributed by atoms with Crippen molar-refractivity contribution in [1.29, 1.82) is 0 Å². The summed E-state index contributed by atoms with van der Waals surface area (Å²) in [5.74, 6) is 0. The smallest absolute Gasteiger partial charge is 0.0795 e. The molecule has 2 saturated heterocycles. The van der Waals surface area contributed by atoms with Crippen LogP contribution in [0.15, 0.2) is 10.9 Å². The molecule has 2 unspecified atom stereocenters. The van der Waals surface area contributed by atoms with Crippen molar-refractivity contribution in [1.82, 2.24) is 15.2 Å². The van der Waals surface area contributed by atoms with E-state index in [0.29, 0.717) is 0 Å². The molecule has 0 spiro atoms. The lowest BCUT2D eigenvalue weighted by Crippen LogP contribution is -2.48. The highest BCUT2D eigenvalue weighted by molar-refractivity contribution is 7.07. The van der Waals surface area contributed by atoms with Crippen molar-refractivity contribution in [3.05, 3.63) is 16.6 Å². The maximum absolute atomic E-state index is 4.45. The second-order valence-electron chi connectivity index (χ2n) is 5.71. The lowest BCUT2D eigenvalue weighted by Gasteiger charge is -2.37. The summed E-state index contributed by atoms with van der Waals surface area (Å²) in [6.45, 7) is 4.53. The van der Waals surface area contributed by atoms with Gasteiger partial charge in [-0.15, -0.1) is 11.3 Å². The minimum atomic E-state index is 0.769. The predicted molar refractivity (Wildman–Crippen MR) is 75.8 cm³/mol. The van der Waals surface area contributed by atoms with E-state index in [4.69, 9.17) is 0 Å². The standard InChI is InChI=1S/C14H23N3S/c1-2-5-17(8-13-9-18-10-15-13)14-6-11-3-4-12(7-14)16-11/h9-12,14,16H,2-8H2,1H3. The molecule has 0 aromatic carbocycles. The fourth-order valence-corrected chi connectivity index (χ4v) is 4.08. The van der Waals surface area contributed by atoms with Crippen molar-refractivity contribution < 1.29 is 0 Å². The number of rotatable bonds is 5. The summed E-state index contributed by atoms with van der Waals surface area (Å²) in [7, 11) is 0. The first-order valence-electron chi connectivity index (χ1n) is 7.22. The SMILES string of the molecule is CCCN(Cc1cscn1)C1CC2CCC(C1)N2. The highest BCUT2D eigenvalue weighted by Crippen LogP contribution is 2.30. The van der Waals surface area contributed by atoms with Crippen LogP contribution in [-0.2, 0) is 6.54 Å². The van der Waals surface area contributed by atoms with Crippen LogP contribution in [0.3, 0.4) is 0 Å². The number of hydrogen-bond donors (Lipinski definition) is 1. The molecule has 2 fully saturated rings. The molecule has 2 atom stereocenters. The Balaban J connectivity index is 1.65. The number of nitrogens with zero attached hydrogens (tertiary/aromatic N) is 2. The Kier molecular flexibility index (Phi) is 3.97. The summed E-state index contributed by atoms with van der Waals surface area (Å²) in [6.07, 6.45) is 6.68. The van der Waals surface area contributed by atoms with Gasteiger partial charge in [-0.25, -0.2) is 4.98 Å². The first-order valence-corrected chi connectivity index (χ1v) is 8.16. The Hall–Kier alpha value is -0.450. The normalized spacial score (nSPS) is 31.1. The van der Waals surface area contributed by atoms with E-state index in [2.05, 4.69) is 27.5 Å². The lowest BCUT2D eigenvalue weighted by atomic mass is 9.98. The second-order valence-corrected chi connectivity index (χ2v) is 6.43. The van der Waals surface area contributed by atoms with Crippen molar-refractivity contribution in [3.8, 4) is 0 Å². The molecule has 0 aliphatic carbocycles. The van der Waals surface area contributed by atoms with E-state index in [1.165, 1.54) is 44.3 Å². The summed E-state index contributed by atoms with van der Waals surface area (Å²) >= 11 is 1.71. The van der Waals surface area contributed by atoms with Crippen LogP contribution in [0.5, 0.6) is 0 Å². The van der Waals surface area contributed by atoms with E-state index >= 15 is 0 Å². The number of fused-ring (bicyclic) bond motifs is 2. The van der Waals surface area contributed by atoms with Crippen molar-refractivity contribution in [2.45, 2.75) is 63.7 Å². The van der Waals surface area contributed by atoms with Gasteiger partial charge in [-0.2, -0.15) is 0 Å². The molecule has 2 bridgehead atoms. The lowest BCUT2D eigenvalue weighted by molar-refractivity contribution is 0.132. The summed E-state index contributed by atoms with van der Waals surface area (Å²) in [6, 6.07) is 2.33. The predicted octanol–water partition coefficient (Wildman–Crippen LogP) is 2.64.